The number of aliphatic carboxylic acids is 1. The van der Waals surface area contributed by atoms with Gasteiger partial charge in [-0.3, -0.25) is 0 Å². The molecular formula is C16H23NO7S. The highest BCUT2D eigenvalue weighted by Crippen LogP contribution is 2.22. The summed E-state index contributed by atoms with van der Waals surface area (Å²) >= 11 is 0. The molecule has 1 aliphatic heterocycles. The highest BCUT2D eigenvalue weighted by atomic mass is 32.2. The van der Waals surface area contributed by atoms with Gasteiger partial charge >= 0.3 is 11.9 Å². The summed E-state index contributed by atoms with van der Waals surface area (Å²) in [7, 11) is -1.75. The van der Waals surface area contributed by atoms with Crippen LogP contribution >= 0.6 is 0 Å². The van der Waals surface area contributed by atoms with Gasteiger partial charge in [0.1, 0.15) is 5.75 Å². The first-order chi connectivity index (χ1) is 11.8. The van der Waals surface area contributed by atoms with Gasteiger partial charge in [-0.1, -0.05) is 6.42 Å². The van der Waals surface area contributed by atoms with Crippen LogP contribution in [0.5, 0.6) is 5.75 Å². The van der Waals surface area contributed by atoms with Gasteiger partial charge in [0.25, 0.3) is 0 Å². The van der Waals surface area contributed by atoms with Crippen molar-refractivity contribution in [2.24, 2.45) is 0 Å². The molecule has 1 aromatic rings. The first kappa shape index (κ1) is 20.9. The Morgan fingerprint density at radius 3 is 2.08 bits per heavy atom. The normalized spacial score (nSPS) is 14.8. The van der Waals surface area contributed by atoms with Gasteiger partial charge in [-0.25, -0.2) is 18.0 Å². The molecule has 25 heavy (non-hydrogen) atoms. The number of ether oxygens (including phenoxy) is 2. The van der Waals surface area contributed by atoms with Crippen LogP contribution in [0.3, 0.4) is 0 Å². The summed E-state index contributed by atoms with van der Waals surface area (Å²) in [4.78, 5) is 19.9. The van der Waals surface area contributed by atoms with Crippen LogP contribution in [0, 0.1) is 0 Å². The Balaban J connectivity index is 0.000000333. The summed E-state index contributed by atoms with van der Waals surface area (Å²) in [6.07, 6.45) is 3.03. The molecule has 0 unspecified atom stereocenters. The number of methoxy groups -OCH3 is 1. The molecule has 8 nitrogen and oxygen atoms in total. The zero-order valence-corrected chi connectivity index (χ0v) is 15.1. The number of piperidine rings is 1. The van der Waals surface area contributed by atoms with E-state index in [0.29, 0.717) is 23.7 Å². The molecule has 0 saturated carbocycles. The van der Waals surface area contributed by atoms with E-state index in [-0.39, 0.29) is 6.61 Å². The second kappa shape index (κ2) is 10.00. The van der Waals surface area contributed by atoms with Gasteiger partial charge in [0.05, 0.1) is 18.6 Å². The van der Waals surface area contributed by atoms with Gasteiger partial charge in [0, 0.05) is 13.1 Å². The lowest BCUT2D eigenvalue weighted by atomic mass is 10.2. The number of hydrogen-bond acceptors (Lipinski definition) is 6. The van der Waals surface area contributed by atoms with Gasteiger partial charge in [0.15, 0.2) is 0 Å². The number of esters is 1. The minimum Gasteiger partial charge on any atom is -0.497 e. The summed E-state index contributed by atoms with van der Waals surface area (Å²) in [6, 6.07) is 6.55. The number of carbonyl (C=O) groups is 2. The van der Waals surface area contributed by atoms with Crippen molar-refractivity contribution in [2.45, 2.75) is 31.1 Å². The number of hydrogen-bond donors (Lipinski definition) is 1. The summed E-state index contributed by atoms with van der Waals surface area (Å²) in [5.41, 5.74) is 0. The predicted molar refractivity (Wildman–Crippen MR) is 89.9 cm³/mol. The number of nitrogens with zero attached hydrogens (tertiary/aromatic N) is 1. The fraction of sp³-hybridized carbons (Fsp3) is 0.500. The Morgan fingerprint density at radius 1 is 1.12 bits per heavy atom. The molecule has 0 amide bonds. The highest BCUT2D eigenvalue weighted by Gasteiger charge is 2.25. The molecule has 1 saturated heterocycles. The van der Waals surface area contributed by atoms with Crippen LogP contribution in [0.2, 0.25) is 0 Å². The number of carboxylic acids is 1. The maximum atomic E-state index is 12.3. The largest absolute Gasteiger partial charge is 0.497 e. The SMILES string of the molecule is CCOC(=O)C(=O)O.COc1ccc(S(=O)(=O)N2CCCCC2)cc1. The van der Waals surface area contributed by atoms with E-state index in [9.17, 15) is 18.0 Å². The third kappa shape index (κ3) is 6.35. The Morgan fingerprint density at radius 2 is 1.68 bits per heavy atom. The fourth-order valence-electron chi connectivity index (χ4n) is 2.19. The summed E-state index contributed by atoms with van der Waals surface area (Å²) in [5, 5.41) is 7.84. The topological polar surface area (TPSA) is 110 Å². The van der Waals surface area contributed by atoms with E-state index in [1.807, 2.05) is 0 Å². The molecule has 1 N–H and O–H groups in total. The number of sulfonamides is 1. The van der Waals surface area contributed by atoms with Crippen molar-refractivity contribution < 1.29 is 32.6 Å². The van der Waals surface area contributed by atoms with Crippen molar-refractivity contribution in [3.8, 4) is 5.75 Å². The van der Waals surface area contributed by atoms with Crippen LogP contribution in [0.4, 0.5) is 0 Å². The molecule has 0 spiro atoms. The lowest BCUT2D eigenvalue weighted by Gasteiger charge is -2.25. The molecule has 0 aliphatic carbocycles. The molecule has 2 rings (SSSR count). The second-order valence-corrected chi connectivity index (χ2v) is 7.10. The fourth-order valence-corrected chi connectivity index (χ4v) is 3.71. The van der Waals surface area contributed by atoms with E-state index in [4.69, 9.17) is 9.84 Å². The van der Waals surface area contributed by atoms with Gasteiger partial charge in [-0.05, 0) is 44.0 Å². The number of carboxylic acid groups (broad SMARTS) is 1. The first-order valence-electron chi connectivity index (χ1n) is 7.87. The van der Waals surface area contributed by atoms with E-state index in [1.165, 1.54) is 0 Å². The Hall–Kier alpha value is -2.13. The van der Waals surface area contributed by atoms with Crippen molar-refractivity contribution in [2.75, 3.05) is 26.8 Å². The summed E-state index contributed by atoms with van der Waals surface area (Å²) in [5.74, 6) is -2.08. The smallest absolute Gasteiger partial charge is 0.417 e. The van der Waals surface area contributed by atoms with Crippen LogP contribution in [0.1, 0.15) is 26.2 Å². The monoisotopic (exact) mass is 373 g/mol. The third-order valence-corrected chi connectivity index (χ3v) is 5.38. The quantitative estimate of drug-likeness (QED) is 0.629. The molecular weight excluding hydrogens is 350 g/mol. The van der Waals surface area contributed by atoms with E-state index < -0.39 is 22.0 Å². The third-order valence-electron chi connectivity index (χ3n) is 3.46. The average molecular weight is 373 g/mol. The molecule has 1 aromatic carbocycles. The number of carbonyl (C=O) groups excluding carboxylic acids is 1. The van der Waals surface area contributed by atoms with Crippen LogP contribution in [-0.4, -0.2) is 56.6 Å². The molecule has 1 fully saturated rings. The Bertz CT molecular complexity index is 664. The maximum absolute atomic E-state index is 12.3. The average Bonchev–Trinajstić information content (AvgIpc) is 2.63. The van der Waals surface area contributed by atoms with Crippen molar-refractivity contribution in [1.29, 1.82) is 0 Å². The zero-order valence-electron chi connectivity index (χ0n) is 14.3. The van der Waals surface area contributed by atoms with Crippen LogP contribution in [0.25, 0.3) is 0 Å². The summed E-state index contributed by atoms with van der Waals surface area (Å²) in [6.45, 7) is 2.91. The lowest BCUT2D eigenvalue weighted by Crippen LogP contribution is -2.35. The molecule has 0 radical (unpaired) electrons. The first-order valence-corrected chi connectivity index (χ1v) is 9.31. The molecule has 9 heteroatoms. The molecule has 0 atom stereocenters. The molecule has 1 aliphatic rings. The molecule has 0 bridgehead atoms. The van der Waals surface area contributed by atoms with E-state index in [0.717, 1.165) is 19.3 Å². The van der Waals surface area contributed by atoms with Crippen LogP contribution in [-0.2, 0) is 24.3 Å². The van der Waals surface area contributed by atoms with Crippen molar-refractivity contribution >= 4 is 22.0 Å². The molecule has 140 valence electrons. The Labute approximate surface area is 147 Å². The van der Waals surface area contributed by atoms with Gasteiger partial charge in [-0.15, -0.1) is 0 Å². The van der Waals surface area contributed by atoms with E-state index in [2.05, 4.69) is 4.74 Å². The van der Waals surface area contributed by atoms with Crippen molar-refractivity contribution in [3.05, 3.63) is 24.3 Å². The molecule has 1 heterocycles. The maximum Gasteiger partial charge on any atom is 0.417 e. The van der Waals surface area contributed by atoms with E-state index in [1.54, 1.807) is 42.6 Å². The van der Waals surface area contributed by atoms with Crippen LogP contribution < -0.4 is 4.74 Å². The second-order valence-electron chi connectivity index (χ2n) is 5.17. The predicted octanol–water partition coefficient (Wildman–Crippen LogP) is 1.50. The van der Waals surface area contributed by atoms with Crippen molar-refractivity contribution in [1.82, 2.24) is 4.31 Å². The standard InChI is InChI=1S/C12H17NO3S.C4H6O4/c1-16-11-5-7-12(8-6-11)17(14,15)13-9-3-2-4-10-13;1-2-8-4(7)3(5)6/h5-8H,2-4,9-10H2,1H3;2H2,1H3,(H,5,6). The minimum atomic E-state index is -3.31. The zero-order chi connectivity index (χ0) is 18.9. The highest BCUT2D eigenvalue weighted by molar-refractivity contribution is 7.89. The van der Waals surface area contributed by atoms with Crippen molar-refractivity contribution in [3.63, 3.8) is 0 Å². The van der Waals surface area contributed by atoms with Gasteiger partial charge < -0.3 is 14.6 Å². The van der Waals surface area contributed by atoms with Gasteiger partial charge in [0.2, 0.25) is 10.0 Å². The van der Waals surface area contributed by atoms with Crippen LogP contribution in [0.15, 0.2) is 29.2 Å². The summed E-state index contributed by atoms with van der Waals surface area (Å²) < 4.78 is 35.2. The number of rotatable bonds is 4. The minimum absolute atomic E-state index is 0.102. The molecule has 0 aromatic heterocycles. The number of benzene rings is 1. The lowest BCUT2D eigenvalue weighted by molar-refractivity contribution is -0.163. The van der Waals surface area contributed by atoms with Gasteiger partial charge in [-0.2, -0.15) is 4.31 Å². The van der Waals surface area contributed by atoms with E-state index >= 15 is 0 Å². The Kier molecular flexibility index (Phi) is 8.36.